The molecule has 0 aromatic carbocycles. The van der Waals surface area contributed by atoms with E-state index in [1.165, 1.54) is 0 Å². The summed E-state index contributed by atoms with van der Waals surface area (Å²) in [6.07, 6.45) is 0. The fraction of sp³-hybridized carbons (Fsp3) is 0. The van der Waals surface area contributed by atoms with E-state index < -0.39 is 16.3 Å². The first-order valence-electron chi connectivity index (χ1n) is 0.994. The van der Waals surface area contributed by atoms with Gasteiger partial charge in [0, 0.05) is 16.8 Å². The van der Waals surface area contributed by atoms with Crippen LogP contribution in [0.5, 0.6) is 0 Å². The van der Waals surface area contributed by atoms with E-state index in [-0.39, 0.29) is 16.8 Å². The van der Waals surface area contributed by atoms with Gasteiger partial charge in [-0.05, 0) is 0 Å². The molecule has 4 nitrogen and oxygen atoms in total. The van der Waals surface area contributed by atoms with Crippen molar-refractivity contribution in [3.63, 3.8) is 0 Å². The minimum Gasteiger partial charge on any atom is 0 e. The molecule has 0 aliphatic rings. The van der Waals surface area contributed by atoms with E-state index in [4.69, 9.17) is 45.6 Å². The molecule has 0 aromatic rings. The Bertz CT molecular complexity index is 63.3. The van der Waals surface area contributed by atoms with Crippen LogP contribution in [0.15, 0.2) is 0 Å². The Morgan fingerprint density at radius 1 is 1.44 bits per heavy atom. The van der Waals surface area contributed by atoms with Crippen molar-refractivity contribution in [1.29, 1.82) is 0 Å². The molecule has 0 aromatic heterocycles. The van der Waals surface area contributed by atoms with Crippen LogP contribution < -0.4 is 0 Å². The first kappa shape index (κ1) is 16.6. The molecule has 61 valence electrons. The quantitative estimate of drug-likeness (QED) is 0.418. The second kappa shape index (κ2) is 11.8. The second-order valence-corrected chi connectivity index (χ2v) is 6.25. The van der Waals surface area contributed by atoms with E-state index in [0.29, 0.717) is 0 Å². The van der Waals surface area contributed by atoms with Crippen molar-refractivity contribution in [2.45, 2.75) is 0 Å². The van der Waals surface area contributed by atoms with E-state index in [1.807, 2.05) is 0 Å². The Hall–Kier alpha value is 1.10. The third kappa shape index (κ3) is 381. The second-order valence-electron chi connectivity index (χ2n) is 0.400. The smallest absolute Gasteiger partial charge is 0 e. The van der Waals surface area contributed by atoms with Gasteiger partial charge in [0.15, 0.2) is 0 Å². The molecule has 0 heterocycles. The van der Waals surface area contributed by atoms with Crippen LogP contribution in [0.25, 0.3) is 0 Å². The van der Waals surface area contributed by atoms with Crippen molar-refractivity contribution in [3.05, 3.63) is 10.1 Å². The average molecular weight is 283 g/mol. The topological polar surface area (TPSA) is 63.4 Å². The number of hydrogen-bond acceptors (Lipinski definition) is 2. The van der Waals surface area contributed by atoms with E-state index >= 15 is 0 Å². The maximum atomic E-state index is 8.36. The largest absolute Gasteiger partial charge is 0 e. The number of nitrogens with zero attached hydrogens (tertiary/aromatic N) is 1. The summed E-state index contributed by atoms with van der Waals surface area (Å²) in [6, 6.07) is 0. The minimum absolute atomic E-state index is 0. The van der Waals surface area contributed by atoms with Gasteiger partial charge in [0.25, 0.3) is 5.09 Å². The summed E-state index contributed by atoms with van der Waals surface area (Å²) in [4.78, 5) is 8.36. The van der Waals surface area contributed by atoms with Crippen LogP contribution >= 0.6 is 30.3 Å². The summed E-state index contributed by atoms with van der Waals surface area (Å²) in [7, 11) is 14.7. The molecule has 9 heavy (non-hydrogen) atoms. The van der Waals surface area contributed by atoms with Gasteiger partial charge in [0.2, 0.25) is 0 Å². The Morgan fingerprint density at radius 3 is 1.44 bits per heavy atom. The molecule has 0 spiro atoms. The third-order valence-corrected chi connectivity index (χ3v) is 0. The first-order valence-corrected chi connectivity index (χ1v) is 5.87. The Morgan fingerprint density at radius 2 is 1.44 bits per heavy atom. The summed E-state index contributed by atoms with van der Waals surface area (Å²) in [5.74, 6) is 0. The SMILES string of the molecule is O=[N+]([O-])O.[Cl][Mn]([Cl])[Cl].[Co]. The van der Waals surface area contributed by atoms with E-state index in [0.717, 1.165) is 0 Å². The molecular weight excluding hydrogens is 282 g/mol. The van der Waals surface area contributed by atoms with Gasteiger partial charge < -0.3 is 5.21 Å². The van der Waals surface area contributed by atoms with Crippen LogP contribution in [-0.4, -0.2) is 10.3 Å². The molecular formula is HCl3CoMnNO3. The van der Waals surface area contributed by atoms with Crippen LogP contribution in [0.4, 0.5) is 0 Å². The average Bonchev–Trinajstić information content (AvgIpc) is 1.25. The van der Waals surface area contributed by atoms with Gasteiger partial charge in [-0.15, -0.1) is 10.1 Å². The van der Waals surface area contributed by atoms with Gasteiger partial charge in [-0.1, -0.05) is 0 Å². The van der Waals surface area contributed by atoms with Crippen molar-refractivity contribution >= 4 is 30.3 Å². The molecule has 0 saturated carbocycles. The normalized spacial score (nSPS) is 7.67. The van der Waals surface area contributed by atoms with Gasteiger partial charge in [-0.2, -0.15) is 0 Å². The molecule has 9 heteroatoms. The molecule has 0 aliphatic heterocycles. The van der Waals surface area contributed by atoms with E-state index in [9.17, 15) is 0 Å². The van der Waals surface area contributed by atoms with Gasteiger partial charge in [-0.3, -0.25) is 0 Å². The monoisotopic (exact) mass is 282 g/mol. The van der Waals surface area contributed by atoms with Crippen molar-refractivity contribution < 1.29 is 38.2 Å². The van der Waals surface area contributed by atoms with Crippen LogP contribution in [0.1, 0.15) is 0 Å². The zero-order chi connectivity index (χ0) is 7.15. The first-order chi connectivity index (χ1) is 3.46. The van der Waals surface area contributed by atoms with Gasteiger partial charge in [0.1, 0.15) is 0 Å². The summed E-state index contributed by atoms with van der Waals surface area (Å²) >= 11 is -1.48. The Labute approximate surface area is 78.3 Å². The van der Waals surface area contributed by atoms with Crippen LogP contribution in [0.3, 0.4) is 0 Å². The fourth-order valence-corrected chi connectivity index (χ4v) is 0. The van der Waals surface area contributed by atoms with Crippen LogP contribution in [0, 0.1) is 10.1 Å². The molecule has 0 saturated heterocycles. The van der Waals surface area contributed by atoms with Gasteiger partial charge >= 0.3 is 41.5 Å². The number of halogens is 3. The molecule has 0 bridgehead atoms. The maximum absolute atomic E-state index is 8.36. The predicted molar refractivity (Wildman–Crippen MR) is 26.3 cm³/mol. The van der Waals surface area contributed by atoms with Crippen LogP contribution in [0.2, 0.25) is 0 Å². The molecule has 0 atom stereocenters. The standard InChI is InChI=1S/3ClH.Co.Mn.HNO3/c;;;;;2-1(3)4/h3*1H;;;(H,2,3,4)/q;;;;+3;/p-3. The van der Waals surface area contributed by atoms with Crippen molar-refractivity contribution in [2.75, 3.05) is 0 Å². The summed E-state index contributed by atoms with van der Waals surface area (Å²) in [6.45, 7) is 0. The number of hydrogen-bond donors (Lipinski definition) is 1. The van der Waals surface area contributed by atoms with Crippen LogP contribution in [-0.2, 0) is 27.9 Å². The van der Waals surface area contributed by atoms with E-state index in [1.54, 1.807) is 0 Å². The molecule has 0 unspecified atom stereocenters. The fourth-order valence-electron chi connectivity index (χ4n) is 0. The summed E-state index contributed by atoms with van der Waals surface area (Å²) in [5, 5.41) is 13.6. The Kier molecular flexibility index (Phi) is 21.8. The predicted octanol–water partition coefficient (Wildman–Crippen LogP) is 1.72. The molecule has 0 rings (SSSR count). The maximum Gasteiger partial charge on any atom is 0 e. The van der Waals surface area contributed by atoms with Crippen molar-refractivity contribution in [3.8, 4) is 0 Å². The number of rotatable bonds is 0. The van der Waals surface area contributed by atoms with Gasteiger partial charge in [-0.25, -0.2) is 0 Å². The third-order valence-electron chi connectivity index (χ3n) is 0. The molecule has 0 amide bonds. The van der Waals surface area contributed by atoms with E-state index in [2.05, 4.69) is 0 Å². The molecule has 1 N–H and O–H groups in total. The Balaban J connectivity index is -0.0000000720. The van der Waals surface area contributed by atoms with Crippen molar-refractivity contribution in [1.82, 2.24) is 0 Å². The zero-order valence-electron chi connectivity index (χ0n) is 3.56. The molecule has 0 aliphatic carbocycles. The summed E-state index contributed by atoms with van der Waals surface area (Å²) < 4.78 is 0. The molecule has 0 fully saturated rings. The zero-order valence-corrected chi connectivity index (χ0v) is 8.05. The molecule has 1 radical (unpaired) electrons. The van der Waals surface area contributed by atoms with Gasteiger partial charge in [0.05, 0.1) is 0 Å². The minimum atomic E-state index is -1.50. The summed E-state index contributed by atoms with van der Waals surface area (Å²) in [5.41, 5.74) is 0. The van der Waals surface area contributed by atoms with Crippen molar-refractivity contribution in [2.24, 2.45) is 0 Å².